The summed E-state index contributed by atoms with van der Waals surface area (Å²) in [6, 6.07) is 11.8. The van der Waals surface area contributed by atoms with Gasteiger partial charge in [0.1, 0.15) is 0 Å². The Morgan fingerprint density at radius 1 is 0.929 bits per heavy atom. The van der Waals surface area contributed by atoms with Crippen molar-refractivity contribution >= 4 is 0 Å². The van der Waals surface area contributed by atoms with Gasteiger partial charge < -0.3 is 14.0 Å². The standard InChI is InChI=1S/C20H17N5O3/c1-11-6-12(2)8-15(7-11)25-13(3)18(22-24-25)20-21-19(23-28-20)14-4-5-16-17(9-14)27-10-26-16/h4-9H,10H2,1-3H3. The fourth-order valence-electron chi connectivity index (χ4n) is 3.32. The summed E-state index contributed by atoms with van der Waals surface area (Å²) >= 11 is 0. The molecule has 0 radical (unpaired) electrons. The van der Waals surface area contributed by atoms with Gasteiger partial charge >= 0.3 is 0 Å². The monoisotopic (exact) mass is 375 g/mol. The van der Waals surface area contributed by atoms with Crippen molar-refractivity contribution in [2.45, 2.75) is 20.8 Å². The fraction of sp³-hybridized carbons (Fsp3) is 0.200. The van der Waals surface area contributed by atoms with Gasteiger partial charge in [-0.1, -0.05) is 16.4 Å². The molecule has 4 aromatic rings. The summed E-state index contributed by atoms with van der Waals surface area (Å²) in [5, 5.41) is 12.6. The predicted octanol–water partition coefficient (Wildman–Crippen LogP) is 3.64. The maximum absolute atomic E-state index is 5.45. The van der Waals surface area contributed by atoms with Crippen molar-refractivity contribution in [1.29, 1.82) is 0 Å². The lowest BCUT2D eigenvalue weighted by Crippen LogP contribution is -2.00. The highest BCUT2D eigenvalue weighted by Crippen LogP contribution is 2.35. The van der Waals surface area contributed by atoms with E-state index >= 15 is 0 Å². The number of fused-ring (bicyclic) bond motifs is 1. The van der Waals surface area contributed by atoms with Gasteiger partial charge in [-0.3, -0.25) is 0 Å². The second-order valence-electron chi connectivity index (χ2n) is 6.77. The number of aromatic nitrogens is 5. The van der Waals surface area contributed by atoms with Crippen LogP contribution in [0.2, 0.25) is 0 Å². The van der Waals surface area contributed by atoms with Crippen LogP contribution in [-0.4, -0.2) is 31.9 Å². The lowest BCUT2D eigenvalue weighted by molar-refractivity contribution is 0.174. The third kappa shape index (κ3) is 2.70. The highest BCUT2D eigenvalue weighted by atomic mass is 16.7. The molecular weight excluding hydrogens is 358 g/mol. The molecule has 1 aliphatic rings. The molecule has 0 atom stereocenters. The molecule has 0 fully saturated rings. The van der Waals surface area contributed by atoms with Gasteiger partial charge in [0.25, 0.3) is 5.89 Å². The average molecular weight is 375 g/mol. The molecule has 2 aromatic carbocycles. The zero-order valence-electron chi connectivity index (χ0n) is 15.6. The molecule has 5 rings (SSSR count). The van der Waals surface area contributed by atoms with Crippen molar-refractivity contribution in [3.63, 3.8) is 0 Å². The van der Waals surface area contributed by atoms with E-state index in [1.807, 2.05) is 25.1 Å². The van der Waals surface area contributed by atoms with E-state index in [0.717, 1.165) is 28.1 Å². The number of rotatable bonds is 3. The zero-order chi connectivity index (χ0) is 19.3. The number of aryl methyl sites for hydroxylation is 2. The second kappa shape index (κ2) is 6.19. The van der Waals surface area contributed by atoms with E-state index in [1.54, 1.807) is 4.68 Å². The zero-order valence-corrected chi connectivity index (χ0v) is 15.6. The molecular formula is C20H17N5O3. The van der Waals surface area contributed by atoms with E-state index < -0.39 is 0 Å². The van der Waals surface area contributed by atoms with Crippen molar-refractivity contribution in [3.8, 4) is 40.2 Å². The first-order valence-corrected chi connectivity index (χ1v) is 8.83. The lowest BCUT2D eigenvalue weighted by Gasteiger charge is -2.06. The number of benzene rings is 2. The smallest absolute Gasteiger partial charge is 0.280 e. The van der Waals surface area contributed by atoms with E-state index in [4.69, 9.17) is 14.0 Å². The molecule has 140 valence electrons. The maximum Gasteiger partial charge on any atom is 0.280 e. The van der Waals surface area contributed by atoms with Crippen LogP contribution in [0.5, 0.6) is 11.5 Å². The summed E-state index contributed by atoms with van der Waals surface area (Å²) < 4.78 is 18.0. The molecule has 0 bridgehead atoms. The molecule has 0 unspecified atom stereocenters. The molecule has 3 heterocycles. The number of ether oxygens (including phenoxy) is 2. The van der Waals surface area contributed by atoms with Gasteiger partial charge in [-0.05, 0) is 62.2 Å². The molecule has 28 heavy (non-hydrogen) atoms. The Labute approximate surface area is 160 Å². The van der Waals surface area contributed by atoms with Crippen LogP contribution >= 0.6 is 0 Å². The van der Waals surface area contributed by atoms with Gasteiger partial charge in [0.05, 0.1) is 11.4 Å². The summed E-state index contributed by atoms with van der Waals surface area (Å²) in [6.45, 7) is 6.26. The molecule has 8 nitrogen and oxygen atoms in total. The molecule has 0 aliphatic carbocycles. The van der Waals surface area contributed by atoms with Crippen LogP contribution in [0.25, 0.3) is 28.7 Å². The Morgan fingerprint density at radius 2 is 1.71 bits per heavy atom. The Kier molecular flexibility index (Phi) is 3.65. The van der Waals surface area contributed by atoms with Gasteiger partial charge in [-0.15, -0.1) is 5.10 Å². The van der Waals surface area contributed by atoms with Crippen LogP contribution in [-0.2, 0) is 0 Å². The Hall–Kier alpha value is -3.68. The average Bonchev–Trinajstić information content (AvgIpc) is 3.39. The predicted molar refractivity (Wildman–Crippen MR) is 100 cm³/mol. The van der Waals surface area contributed by atoms with Crippen LogP contribution in [0.3, 0.4) is 0 Å². The van der Waals surface area contributed by atoms with Crippen LogP contribution in [0.4, 0.5) is 0 Å². The fourth-order valence-corrected chi connectivity index (χ4v) is 3.32. The summed E-state index contributed by atoms with van der Waals surface area (Å²) in [5.41, 5.74) is 5.43. The van der Waals surface area contributed by atoms with E-state index in [2.05, 4.69) is 52.5 Å². The maximum atomic E-state index is 5.45. The normalized spacial score (nSPS) is 12.5. The number of nitrogens with zero attached hydrogens (tertiary/aromatic N) is 5. The van der Waals surface area contributed by atoms with Crippen molar-refractivity contribution < 1.29 is 14.0 Å². The van der Waals surface area contributed by atoms with Crippen LogP contribution < -0.4 is 9.47 Å². The summed E-state index contributed by atoms with van der Waals surface area (Å²) in [5.74, 6) is 2.15. The van der Waals surface area contributed by atoms with Crippen molar-refractivity contribution in [2.75, 3.05) is 6.79 Å². The highest BCUT2D eigenvalue weighted by molar-refractivity contribution is 5.63. The van der Waals surface area contributed by atoms with E-state index in [0.29, 0.717) is 28.9 Å². The second-order valence-corrected chi connectivity index (χ2v) is 6.77. The first kappa shape index (κ1) is 16.5. The minimum atomic E-state index is 0.219. The molecule has 0 saturated carbocycles. The summed E-state index contributed by atoms with van der Waals surface area (Å²) in [4.78, 5) is 4.49. The van der Waals surface area contributed by atoms with Crippen molar-refractivity contribution in [1.82, 2.24) is 25.1 Å². The molecule has 0 N–H and O–H groups in total. The minimum absolute atomic E-state index is 0.219. The SMILES string of the molecule is Cc1cc(C)cc(-n2nnc(-c3nc(-c4ccc5c(c4)OCO5)no3)c2C)c1. The Balaban J connectivity index is 1.50. The highest BCUT2D eigenvalue weighted by Gasteiger charge is 2.21. The van der Waals surface area contributed by atoms with E-state index in [-0.39, 0.29) is 6.79 Å². The minimum Gasteiger partial charge on any atom is -0.454 e. The molecule has 0 saturated heterocycles. The van der Waals surface area contributed by atoms with Crippen molar-refractivity contribution in [2.24, 2.45) is 0 Å². The van der Waals surface area contributed by atoms with Gasteiger partial charge in [-0.2, -0.15) is 4.98 Å². The third-order valence-electron chi connectivity index (χ3n) is 4.60. The number of hydrogen-bond acceptors (Lipinski definition) is 7. The van der Waals surface area contributed by atoms with Gasteiger partial charge in [0.2, 0.25) is 12.6 Å². The van der Waals surface area contributed by atoms with Crippen LogP contribution in [0, 0.1) is 20.8 Å². The van der Waals surface area contributed by atoms with Crippen molar-refractivity contribution in [3.05, 3.63) is 53.2 Å². The quantitative estimate of drug-likeness (QED) is 0.540. The van der Waals surface area contributed by atoms with Gasteiger partial charge in [0.15, 0.2) is 17.2 Å². The van der Waals surface area contributed by atoms with E-state index in [9.17, 15) is 0 Å². The molecule has 2 aromatic heterocycles. The van der Waals surface area contributed by atoms with Crippen LogP contribution in [0.1, 0.15) is 16.8 Å². The first-order chi connectivity index (χ1) is 13.6. The van der Waals surface area contributed by atoms with E-state index in [1.165, 1.54) is 0 Å². The largest absolute Gasteiger partial charge is 0.454 e. The third-order valence-corrected chi connectivity index (χ3v) is 4.60. The number of hydrogen-bond donors (Lipinski definition) is 0. The lowest BCUT2D eigenvalue weighted by atomic mass is 10.1. The first-order valence-electron chi connectivity index (χ1n) is 8.83. The van der Waals surface area contributed by atoms with Gasteiger partial charge in [0, 0.05) is 5.56 Å². The van der Waals surface area contributed by atoms with Gasteiger partial charge in [-0.25, -0.2) is 4.68 Å². The Bertz CT molecular complexity index is 1170. The topological polar surface area (TPSA) is 88.1 Å². The molecule has 0 amide bonds. The molecule has 8 heteroatoms. The molecule has 1 aliphatic heterocycles. The molecule has 0 spiro atoms. The summed E-state index contributed by atoms with van der Waals surface area (Å²) in [7, 11) is 0. The Morgan fingerprint density at radius 3 is 2.54 bits per heavy atom. The summed E-state index contributed by atoms with van der Waals surface area (Å²) in [6.07, 6.45) is 0. The van der Waals surface area contributed by atoms with Crippen LogP contribution in [0.15, 0.2) is 40.9 Å².